The maximum atomic E-state index is 13.5. The molecule has 29 heavy (non-hydrogen) atoms. The van der Waals surface area contributed by atoms with Crippen molar-refractivity contribution in [2.75, 3.05) is 5.32 Å². The highest BCUT2D eigenvalue weighted by Gasteiger charge is 2.36. The second-order valence-electron chi connectivity index (χ2n) is 7.86. The fourth-order valence-electron chi connectivity index (χ4n) is 4.31. The van der Waals surface area contributed by atoms with Gasteiger partial charge in [0.15, 0.2) is 5.78 Å². The third-order valence-electron chi connectivity index (χ3n) is 5.84. The van der Waals surface area contributed by atoms with Crippen molar-refractivity contribution < 1.29 is 4.79 Å². The molecule has 0 amide bonds. The standard InChI is InChI=1S/C26H23NOS/c1-17-11-13-19(14-12-17)26-25-22(27-21-9-5-6-10-24(21)29-26)15-20(16-23(25)28)18-7-3-2-4-8-18/h2-14,20,26-27H,15-16H2,1H3/t20-,26+/m0/s1. The zero-order chi connectivity index (χ0) is 19.8. The van der Waals surface area contributed by atoms with Gasteiger partial charge in [-0.25, -0.2) is 0 Å². The molecule has 1 N–H and O–H groups in total. The van der Waals surface area contributed by atoms with Gasteiger partial charge >= 0.3 is 0 Å². The molecular formula is C26H23NOS. The van der Waals surface area contributed by atoms with Gasteiger partial charge < -0.3 is 5.32 Å². The smallest absolute Gasteiger partial charge is 0.162 e. The van der Waals surface area contributed by atoms with Crippen molar-refractivity contribution in [3.05, 3.63) is 107 Å². The number of ketones is 1. The summed E-state index contributed by atoms with van der Waals surface area (Å²) < 4.78 is 0. The molecule has 2 aliphatic rings. The number of Topliss-reactive ketones (excluding diaryl/α,β-unsaturated/α-hetero) is 1. The number of benzene rings is 3. The molecule has 0 unspecified atom stereocenters. The molecule has 0 aromatic heterocycles. The van der Waals surface area contributed by atoms with Crippen LogP contribution in [0.3, 0.4) is 0 Å². The Morgan fingerprint density at radius 2 is 1.55 bits per heavy atom. The number of hydrogen-bond acceptors (Lipinski definition) is 3. The second kappa shape index (κ2) is 7.57. The van der Waals surface area contributed by atoms with Gasteiger partial charge in [0.1, 0.15) is 0 Å². The second-order valence-corrected chi connectivity index (χ2v) is 9.01. The van der Waals surface area contributed by atoms with Gasteiger partial charge in [0.05, 0.1) is 10.9 Å². The fraction of sp³-hybridized carbons (Fsp3) is 0.192. The molecule has 3 heteroatoms. The molecule has 3 aromatic carbocycles. The van der Waals surface area contributed by atoms with Gasteiger partial charge in [0.2, 0.25) is 0 Å². The number of hydrogen-bond donors (Lipinski definition) is 1. The largest absolute Gasteiger partial charge is 0.358 e. The van der Waals surface area contributed by atoms with Crippen molar-refractivity contribution in [3.8, 4) is 0 Å². The lowest BCUT2D eigenvalue weighted by Gasteiger charge is -2.29. The maximum absolute atomic E-state index is 13.5. The van der Waals surface area contributed by atoms with Crippen molar-refractivity contribution in [2.24, 2.45) is 0 Å². The summed E-state index contributed by atoms with van der Waals surface area (Å²) >= 11 is 1.78. The molecule has 0 saturated carbocycles. The van der Waals surface area contributed by atoms with Crippen LogP contribution in [0.4, 0.5) is 5.69 Å². The first-order valence-electron chi connectivity index (χ1n) is 10.1. The van der Waals surface area contributed by atoms with Gasteiger partial charge in [-0.15, -0.1) is 11.8 Å². The van der Waals surface area contributed by atoms with Crippen molar-refractivity contribution in [3.63, 3.8) is 0 Å². The summed E-state index contributed by atoms with van der Waals surface area (Å²) in [4.78, 5) is 14.6. The molecule has 1 aliphatic heterocycles. The van der Waals surface area contributed by atoms with Gasteiger partial charge in [-0.1, -0.05) is 72.3 Å². The van der Waals surface area contributed by atoms with Gasteiger partial charge in [-0.05, 0) is 42.5 Å². The lowest BCUT2D eigenvalue weighted by Crippen LogP contribution is -2.23. The minimum absolute atomic E-state index is 0.0194. The molecule has 144 valence electrons. The van der Waals surface area contributed by atoms with E-state index < -0.39 is 0 Å². The highest BCUT2D eigenvalue weighted by atomic mass is 32.2. The van der Waals surface area contributed by atoms with Crippen LogP contribution in [0.25, 0.3) is 0 Å². The topological polar surface area (TPSA) is 29.1 Å². The first kappa shape index (κ1) is 18.3. The minimum Gasteiger partial charge on any atom is -0.358 e. The van der Waals surface area contributed by atoms with Gasteiger partial charge in [0.25, 0.3) is 0 Å². The van der Waals surface area contributed by atoms with Crippen LogP contribution >= 0.6 is 11.8 Å². The predicted octanol–water partition coefficient (Wildman–Crippen LogP) is 6.65. The van der Waals surface area contributed by atoms with Crippen LogP contribution in [0.5, 0.6) is 0 Å². The van der Waals surface area contributed by atoms with E-state index >= 15 is 0 Å². The van der Waals surface area contributed by atoms with Crippen LogP contribution in [0, 0.1) is 6.92 Å². The molecule has 0 spiro atoms. The Morgan fingerprint density at radius 1 is 0.828 bits per heavy atom. The predicted molar refractivity (Wildman–Crippen MR) is 120 cm³/mol. The monoisotopic (exact) mass is 397 g/mol. The van der Waals surface area contributed by atoms with Crippen molar-refractivity contribution >= 4 is 23.2 Å². The van der Waals surface area contributed by atoms with Crippen LogP contribution in [0.15, 0.2) is 95.0 Å². The molecule has 0 bridgehead atoms. The number of rotatable bonds is 2. The zero-order valence-electron chi connectivity index (χ0n) is 16.4. The Balaban J connectivity index is 1.61. The molecule has 3 aromatic rings. The molecular weight excluding hydrogens is 374 g/mol. The summed E-state index contributed by atoms with van der Waals surface area (Å²) in [5.74, 6) is 0.488. The number of fused-ring (bicyclic) bond motifs is 1. The van der Waals surface area contributed by atoms with E-state index in [1.54, 1.807) is 11.8 Å². The zero-order valence-corrected chi connectivity index (χ0v) is 17.2. The van der Waals surface area contributed by atoms with Crippen molar-refractivity contribution in [1.29, 1.82) is 0 Å². The summed E-state index contributed by atoms with van der Waals surface area (Å²) in [5, 5.41) is 3.66. The first-order valence-corrected chi connectivity index (χ1v) is 11.0. The third kappa shape index (κ3) is 3.51. The lowest BCUT2D eigenvalue weighted by molar-refractivity contribution is -0.116. The average molecular weight is 398 g/mol. The van der Waals surface area contributed by atoms with E-state index in [4.69, 9.17) is 0 Å². The Labute approximate surface area is 176 Å². The Kier molecular flexibility index (Phi) is 4.76. The van der Waals surface area contributed by atoms with Gasteiger partial charge in [-0.2, -0.15) is 0 Å². The number of carbonyl (C=O) groups excluding carboxylic acids is 1. The fourth-order valence-corrected chi connectivity index (χ4v) is 5.65. The lowest BCUT2D eigenvalue weighted by atomic mass is 9.80. The van der Waals surface area contributed by atoms with Gasteiger partial charge in [0, 0.05) is 22.6 Å². The molecule has 5 rings (SSSR count). The van der Waals surface area contributed by atoms with E-state index in [1.807, 2.05) is 6.07 Å². The molecule has 1 aliphatic carbocycles. The summed E-state index contributed by atoms with van der Waals surface area (Å²) in [7, 11) is 0. The first-order chi connectivity index (χ1) is 14.2. The maximum Gasteiger partial charge on any atom is 0.162 e. The van der Waals surface area contributed by atoms with E-state index in [1.165, 1.54) is 21.6 Å². The number of allylic oxidation sites excluding steroid dienone is 1. The Bertz CT molecular complexity index is 1090. The van der Waals surface area contributed by atoms with Crippen LogP contribution in [0.1, 0.15) is 40.7 Å². The Morgan fingerprint density at radius 3 is 2.34 bits per heavy atom. The molecule has 0 saturated heterocycles. The molecule has 2 atom stereocenters. The normalized spacial score (nSPS) is 21.1. The SMILES string of the molecule is Cc1ccc([C@H]2Sc3ccccc3NC3=C2C(=O)C[C@@H](c2ccccc2)C3)cc1. The van der Waals surface area contributed by atoms with E-state index in [0.29, 0.717) is 6.42 Å². The number of thioether (sulfide) groups is 1. The highest BCUT2D eigenvalue weighted by Crippen LogP contribution is 2.51. The number of anilines is 1. The van der Waals surface area contributed by atoms with Gasteiger partial charge in [-0.3, -0.25) is 4.79 Å². The highest BCUT2D eigenvalue weighted by molar-refractivity contribution is 8.00. The van der Waals surface area contributed by atoms with Crippen LogP contribution in [-0.2, 0) is 4.79 Å². The minimum atomic E-state index is 0.0194. The van der Waals surface area contributed by atoms with Crippen LogP contribution in [-0.4, -0.2) is 5.78 Å². The van der Waals surface area contributed by atoms with E-state index in [0.717, 1.165) is 23.4 Å². The Hall–Kier alpha value is -2.78. The molecule has 0 fully saturated rings. The van der Waals surface area contributed by atoms with Crippen molar-refractivity contribution in [1.82, 2.24) is 0 Å². The van der Waals surface area contributed by atoms with Crippen LogP contribution in [0.2, 0.25) is 0 Å². The summed E-state index contributed by atoms with van der Waals surface area (Å²) in [6, 6.07) is 27.4. The third-order valence-corrected chi connectivity index (χ3v) is 7.19. The van der Waals surface area contributed by atoms with Crippen molar-refractivity contribution in [2.45, 2.75) is 35.8 Å². The van der Waals surface area contributed by atoms with E-state index in [-0.39, 0.29) is 17.0 Å². The average Bonchev–Trinajstić information content (AvgIpc) is 2.92. The summed E-state index contributed by atoms with van der Waals surface area (Å²) in [5.41, 5.74) is 6.80. The molecule has 0 radical (unpaired) electrons. The van der Waals surface area contributed by atoms with Crippen LogP contribution < -0.4 is 5.32 Å². The molecule has 2 nitrogen and oxygen atoms in total. The summed E-state index contributed by atoms with van der Waals surface area (Å²) in [6.45, 7) is 2.10. The molecule has 1 heterocycles. The van der Waals surface area contributed by atoms with E-state index in [9.17, 15) is 4.79 Å². The quantitative estimate of drug-likeness (QED) is 0.524. The number of nitrogens with one attached hydrogen (secondary N) is 1. The van der Waals surface area contributed by atoms with E-state index in [2.05, 4.69) is 85.0 Å². The number of para-hydroxylation sites is 1. The summed E-state index contributed by atoms with van der Waals surface area (Å²) in [6.07, 6.45) is 1.44. The number of carbonyl (C=O) groups is 1. The number of aryl methyl sites for hydroxylation is 1.